The Kier molecular flexibility index (Phi) is 4.75. The molecule has 0 aromatic carbocycles. The second-order valence-electron chi connectivity index (χ2n) is 4.31. The number of rotatable bonds is 4. The number of hydrogen-bond donors (Lipinski definition) is 2. The number of nitrogens with one attached hydrogen (secondary N) is 1. The van der Waals surface area contributed by atoms with Crippen LogP contribution in [0.15, 0.2) is 0 Å². The van der Waals surface area contributed by atoms with E-state index in [1.165, 1.54) is 0 Å². The van der Waals surface area contributed by atoms with Gasteiger partial charge in [-0.3, -0.25) is 4.79 Å². The van der Waals surface area contributed by atoms with Gasteiger partial charge in [-0.2, -0.15) is 11.8 Å². The van der Waals surface area contributed by atoms with Crippen molar-refractivity contribution >= 4 is 17.7 Å². The van der Waals surface area contributed by atoms with Gasteiger partial charge < -0.3 is 11.1 Å². The van der Waals surface area contributed by atoms with Crippen LogP contribution in [-0.2, 0) is 4.79 Å². The fourth-order valence-corrected chi connectivity index (χ4v) is 2.72. The van der Waals surface area contributed by atoms with Crippen LogP contribution in [0.25, 0.3) is 0 Å². The zero-order chi connectivity index (χ0) is 10.6. The van der Waals surface area contributed by atoms with Gasteiger partial charge in [0.25, 0.3) is 0 Å². The molecule has 3 nitrogen and oxygen atoms in total. The number of thioether (sulfide) groups is 1. The lowest BCUT2D eigenvalue weighted by atomic mass is 10.0. The van der Waals surface area contributed by atoms with Crippen molar-refractivity contribution in [1.29, 1.82) is 0 Å². The van der Waals surface area contributed by atoms with Crippen molar-refractivity contribution in [3.8, 4) is 0 Å². The summed E-state index contributed by atoms with van der Waals surface area (Å²) in [6.45, 7) is 4.16. The van der Waals surface area contributed by atoms with Crippen LogP contribution >= 0.6 is 11.8 Å². The summed E-state index contributed by atoms with van der Waals surface area (Å²) in [6.07, 6.45) is 1.86. The Balaban J connectivity index is 2.25. The van der Waals surface area contributed by atoms with Gasteiger partial charge in [0, 0.05) is 11.8 Å². The van der Waals surface area contributed by atoms with E-state index in [4.69, 9.17) is 5.73 Å². The Morgan fingerprint density at radius 2 is 2.36 bits per heavy atom. The van der Waals surface area contributed by atoms with Crippen LogP contribution in [0.4, 0.5) is 0 Å². The van der Waals surface area contributed by atoms with Crippen molar-refractivity contribution in [2.75, 3.05) is 11.5 Å². The van der Waals surface area contributed by atoms with Gasteiger partial charge in [0.15, 0.2) is 0 Å². The normalized spacial score (nSPS) is 23.9. The number of hydrogen-bond acceptors (Lipinski definition) is 3. The lowest BCUT2D eigenvalue weighted by Gasteiger charge is -2.17. The number of carbonyl (C=O) groups is 1. The maximum Gasteiger partial charge on any atom is 0.237 e. The third-order valence-corrected chi connectivity index (χ3v) is 3.50. The Morgan fingerprint density at radius 1 is 1.64 bits per heavy atom. The maximum atomic E-state index is 11.6. The summed E-state index contributed by atoms with van der Waals surface area (Å²) >= 11 is 1.89. The summed E-state index contributed by atoms with van der Waals surface area (Å²) in [7, 11) is 0. The Labute approximate surface area is 90.2 Å². The van der Waals surface area contributed by atoms with Gasteiger partial charge >= 0.3 is 0 Å². The molecule has 1 rings (SSSR count). The second-order valence-corrected chi connectivity index (χ2v) is 5.45. The summed E-state index contributed by atoms with van der Waals surface area (Å²) in [5.74, 6) is 2.70. The maximum absolute atomic E-state index is 11.6. The molecular formula is C10H20N2OS. The zero-order valence-electron chi connectivity index (χ0n) is 8.95. The predicted molar refractivity (Wildman–Crippen MR) is 61.3 cm³/mol. The topological polar surface area (TPSA) is 55.1 Å². The lowest BCUT2D eigenvalue weighted by Crippen LogP contribution is -2.45. The molecule has 0 aliphatic carbocycles. The Morgan fingerprint density at radius 3 is 2.86 bits per heavy atom. The number of amides is 1. The van der Waals surface area contributed by atoms with Crippen LogP contribution in [0, 0.1) is 5.92 Å². The highest BCUT2D eigenvalue weighted by molar-refractivity contribution is 7.99. The van der Waals surface area contributed by atoms with E-state index >= 15 is 0 Å². The molecule has 1 aliphatic rings. The van der Waals surface area contributed by atoms with Gasteiger partial charge in [-0.05, 0) is 24.5 Å². The van der Waals surface area contributed by atoms with E-state index in [9.17, 15) is 4.79 Å². The molecule has 82 valence electrons. The molecule has 4 heteroatoms. The van der Waals surface area contributed by atoms with Crippen LogP contribution in [0.3, 0.4) is 0 Å². The molecule has 1 fully saturated rings. The third-order valence-electron chi connectivity index (χ3n) is 2.34. The molecule has 1 aliphatic heterocycles. The third kappa shape index (κ3) is 3.88. The van der Waals surface area contributed by atoms with Crippen molar-refractivity contribution < 1.29 is 4.79 Å². The first-order chi connectivity index (χ1) is 6.59. The fraction of sp³-hybridized carbons (Fsp3) is 0.900. The molecule has 0 saturated carbocycles. The Hall–Kier alpha value is -0.220. The minimum atomic E-state index is -0.333. The molecule has 1 saturated heterocycles. The average Bonchev–Trinajstić information content (AvgIpc) is 2.55. The molecular weight excluding hydrogens is 196 g/mol. The van der Waals surface area contributed by atoms with Gasteiger partial charge in [-0.15, -0.1) is 0 Å². The second kappa shape index (κ2) is 5.61. The first kappa shape index (κ1) is 11.9. The highest BCUT2D eigenvalue weighted by Gasteiger charge is 2.21. The van der Waals surface area contributed by atoms with Gasteiger partial charge in [0.05, 0.1) is 6.04 Å². The molecule has 0 aromatic rings. The lowest BCUT2D eigenvalue weighted by molar-refractivity contribution is -0.123. The molecule has 1 heterocycles. The molecule has 0 bridgehead atoms. The Bertz CT molecular complexity index is 191. The largest absolute Gasteiger partial charge is 0.351 e. The quantitative estimate of drug-likeness (QED) is 0.736. The number of carbonyl (C=O) groups excluding carboxylic acids is 1. The van der Waals surface area contributed by atoms with Crippen molar-refractivity contribution in [3.05, 3.63) is 0 Å². The summed E-state index contributed by atoms with van der Waals surface area (Å²) in [4.78, 5) is 11.6. The van der Waals surface area contributed by atoms with Crippen molar-refractivity contribution in [3.63, 3.8) is 0 Å². The molecule has 1 unspecified atom stereocenters. The smallest absolute Gasteiger partial charge is 0.237 e. The van der Waals surface area contributed by atoms with Crippen molar-refractivity contribution in [2.24, 2.45) is 11.7 Å². The van der Waals surface area contributed by atoms with Gasteiger partial charge in [-0.1, -0.05) is 13.8 Å². The van der Waals surface area contributed by atoms with E-state index in [-0.39, 0.29) is 11.9 Å². The van der Waals surface area contributed by atoms with Gasteiger partial charge in [0.2, 0.25) is 5.91 Å². The zero-order valence-corrected chi connectivity index (χ0v) is 9.77. The summed E-state index contributed by atoms with van der Waals surface area (Å²) in [5.41, 5.74) is 5.78. The minimum absolute atomic E-state index is 0.0196. The SMILES string of the molecule is CC(C)C[C@@H](N)C(=O)NC1CCSC1. The van der Waals surface area contributed by atoms with Crippen LogP contribution in [-0.4, -0.2) is 29.5 Å². The first-order valence-corrected chi connectivity index (χ1v) is 6.38. The van der Waals surface area contributed by atoms with E-state index in [0.717, 1.165) is 24.3 Å². The molecule has 0 radical (unpaired) electrons. The van der Waals surface area contributed by atoms with Crippen LogP contribution in [0.5, 0.6) is 0 Å². The van der Waals surface area contributed by atoms with Crippen LogP contribution in [0.1, 0.15) is 26.7 Å². The van der Waals surface area contributed by atoms with Crippen LogP contribution in [0.2, 0.25) is 0 Å². The van der Waals surface area contributed by atoms with Gasteiger partial charge in [-0.25, -0.2) is 0 Å². The monoisotopic (exact) mass is 216 g/mol. The highest BCUT2D eigenvalue weighted by Crippen LogP contribution is 2.17. The minimum Gasteiger partial charge on any atom is -0.351 e. The average molecular weight is 216 g/mol. The first-order valence-electron chi connectivity index (χ1n) is 5.23. The molecule has 3 N–H and O–H groups in total. The van der Waals surface area contributed by atoms with E-state index in [0.29, 0.717) is 12.0 Å². The van der Waals surface area contributed by atoms with E-state index < -0.39 is 0 Å². The number of nitrogens with two attached hydrogens (primary N) is 1. The van der Waals surface area contributed by atoms with Crippen LogP contribution < -0.4 is 11.1 Å². The van der Waals surface area contributed by atoms with E-state index in [1.807, 2.05) is 11.8 Å². The fourth-order valence-electron chi connectivity index (χ4n) is 1.57. The molecule has 0 aromatic heterocycles. The standard InChI is InChI=1S/C10H20N2OS/c1-7(2)5-9(11)10(13)12-8-3-4-14-6-8/h7-9H,3-6,11H2,1-2H3,(H,12,13)/t8?,9-/m1/s1. The van der Waals surface area contributed by atoms with E-state index in [1.54, 1.807) is 0 Å². The molecule has 14 heavy (non-hydrogen) atoms. The van der Waals surface area contributed by atoms with Crippen molar-refractivity contribution in [1.82, 2.24) is 5.32 Å². The summed E-state index contributed by atoms with van der Waals surface area (Å²) < 4.78 is 0. The molecule has 1 amide bonds. The van der Waals surface area contributed by atoms with Gasteiger partial charge in [0.1, 0.15) is 0 Å². The summed E-state index contributed by atoms with van der Waals surface area (Å²) in [6, 6.07) is 0.0197. The predicted octanol–water partition coefficient (Wildman–Crippen LogP) is 0.982. The summed E-state index contributed by atoms with van der Waals surface area (Å²) in [5, 5.41) is 3.00. The highest BCUT2D eigenvalue weighted by atomic mass is 32.2. The molecule has 0 spiro atoms. The molecule has 2 atom stereocenters. The van der Waals surface area contributed by atoms with E-state index in [2.05, 4.69) is 19.2 Å². The van der Waals surface area contributed by atoms with Crippen molar-refractivity contribution in [2.45, 2.75) is 38.8 Å².